The minimum Gasteiger partial charge on any atom is -0.394 e. The number of unbranched alkanes of at least 4 members (excludes halogenated alkanes) is 39. The van der Waals surface area contributed by atoms with Crippen LogP contribution in [0.15, 0.2) is 0 Å². The normalized spacial score (nSPS) is 13.3. The third kappa shape index (κ3) is 41.3. The van der Waals surface area contributed by atoms with Crippen LogP contribution >= 0.6 is 0 Å². The summed E-state index contributed by atoms with van der Waals surface area (Å²) >= 11 is 0. The Kier molecular flexibility index (Phi) is 45.5. The molecule has 0 aliphatic carbocycles. The molecular weight excluding hydrogens is 679 g/mol. The summed E-state index contributed by atoms with van der Waals surface area (Å²) in [5, 5.41) is 33.4. The quantitative estimate of drug-likeness (QED) is 0.0463. The van der Waals surface area contributed by atoms with Crippen molar-refractivity contribution in [3.8, 4) is 0 Å². The fraction of sp³-hybridized carbons (Fsp3) is 0.980. The fourth-order valence-electron chi connectivity index (χ4n) is 8.25. The molecule has 5 nitrogen and oxygen atoms in total. The molecule has 0 aliphatic heterocycles. The Bertz CT molecular complexity index is 733. The predicted octanol–water partition coefficient (Wildman–Crippen LogP) is 15.0. The van der Waals surface area contributed by atoms with Crippen molar-refractivity contribution in [1.29, 1.82) is 0 Å². The van der Waals surface area contributed by atoms with Gasteiger partial charge in [0.15, 0.2) is 0 Å². The molecule has 330 valence electrons. The van der Waals surface area contributed by atoms with Gasteiger partial charge in [-0.1, -0.05) is 277 Å². The summed E-state index contributed by atoms with van der Waals surface area (Å²) < 4.78 is 0. The number of carbonyl (C=O) groups is 1. The van der Waals surface area contributed by atoms with Crippen LogP contribution < -0.4 is 5.32 Å². The summed E-state index contributed by atoms with van der Waals surface area (Å²) in [4.78, 5) is 12.5. The largest absolute Gasteiger partial charge is 0.394 e. The second-order valence-electron chi connectivity index (χ2n) is 17.7. The van der Waals surface area contributed by atoms with Gasteiger partial charge >= 0.3 is 0 Å². The number of aliphatic hydroxyl groups excluding tert-OH is 3. The van der Waals surface area contributed by atoms with Crippen LogP contribution in [-0.4, -0.2) is 46.1 Å². The van der Waals surface area contributed by atoms with Gasteiger partial charge in [0.05, 0.1) is 18.8 Å². The molecule has 0 aromatic carbocycles. The molecule has 0 aliphatic rings. The summed E-state index contributed by atoms with van der Waals surface area (Å²) in [6.45, 7) is 4.26. The summed E-state index contributed by atoms with van der Waals surface area (Å²) in [5.74, 6) is -0.464. The molecule has 3 unspecified atom stereocenters. The number of amides is 1. The minimum atomic E-state index is -1.07. The highest BCUT2D eigenvalue weighted by molar-refractivity contribution is 5.80. The highest BCUT2D eigenvalue weighted by Gasteiger charge is 2.23. The van der Waals surface area contributed by atoms with Gasteiger partial charge in [-0.3, -0.25) is 4.79 Å². The lowest BCUT2D eigenvalue weighted by Gasteiger charge is -2.23. The number of hydrogen-bond acceptors (Lipinski definition) is 4. The van der Waals surface area contributed by atoms with Crippen molar-refractivity contribution in [2.24, 2.45) is 0 Å². The summed E-state index contributed by atoms with van der Waals surface area (Å²) in [5.41, 5.74) is 0. The standard InChI is InChI=1S/C50H101NO4/c1-3-5-7-9-11-13-15-17-19-20-21-22-23-24-25-26-27-28-29-31-33-35-37-39-41-43-45-49(54)50(55)51-47(46-52)48(53)44-42-40-38-36-34-32-30-18-16-14-12-10-8-6-4-2/h47-49,52-54H,3-46H2,1-2H3,(H,51,55). The zero-order valence-corrected chi connectivity index (χ0v) is 37.6. The van der Waals surface area contributed by atoms with Crippen LogP contribution in [-0.2, 0) is 4.79 Å². The number of carbonyl (C=O) groups excluding carboxylic acids is 1. The van der Waals surface area contributed by atoms with Crippen LogP contribution in [0.1, 0.15) is 290 Å². The number of hydrogen-bond donors (Lipinski definition) is 4. The molecule has 0 bridgehead atoms. The molecular formula is C50H101NO4. The summed E-state index contributed by atoms with van der Waals surface area (Å²) in [7, 11) is 0. The van der Waals surface area contributed by atoms with E-state index in [4.69, 9.17) is 0 Å². The first-order valence-corrected chi connectivity index (χ1v) is 25.3. The minimum absolute atomic E-state index is 0.308. The molecule has 0 radical (unpaired) electrons. The van der Waals surface area contributed by atoms with E-state index in [9.17, 15) is 20.1 Å². The third-order valence-corrected chi connectivity index (χ3v) is 12.2. The van der Waals surface area contributed by atoms with Crippen LogP contribution in [0, 0.1) is 0 Å². The van der Waals surface area contributed by atoms with Crippen molar-refractivity contribution in [3.05, 3.63) is 0 Å². The van der Waals surface area contributed by atoms with Crippen molar-refractivity contribution in [2.75, 3.05) is 6.61 Å². The number of rotatable bonds is 47. The maximum atomic E-state index is 12.5. The van der Waals surface area contributed by atoms with Gasteiger partial charge in [0.1, 0.15) is 6.10 Å². The molecule has 1 amide bonds. The Morgan fingerprint density at radius 2 is 0.582 bits per heavy atom. The van der Waals surface area contributed by atoms with Gasteiger partial charge in [0, 0.05) is 0 Å². The Labute approximate surface area is 345 Å². The second-order valence-corrected chi connectivity index (χ2v) is 17.7. The van der Waals surface area contributed by atoms with E-state index in [0.29, 0.717) is 12.8 Å². The SMILES string of the molecule is CCCCCCCCCCCCCCCCCCCCCCCCCCCCC(O)C(=O)NC(CO)C(O)CCCCCCCCCCCCCCCCC. The highest BCUT2D eigenvalue weighted by atomic mass is 16.3. The average Bonchev–Trinajstić information content (AvgIpc) is 3.19. The Balaban J connectivity index is 3.50. The van der Waals surface area contributed by atoms with Crippen LogP contribution in [0.2, 0.25) is 0 Å². The van der Waals surface area contributed by atoms with Gasteiger partial charge in [-0.2, -0.15) is 0 Å². The van der Waals surface area contributed by atoms with Crippen molar-refractivity contribution in [2.45, 2.75) is 308 Å². The third-order valence-electron chi connectivity index (χ3n) is 12.2. The van der Waals surface area contributed by atoms with Gasteiger partial charge < -0.3 is 20.6 Å². The Morgan fingerprint density at radius 3 is 0.818 bits per heavy atom. The van der Waals surface area contributed by atoms with E-state index in [-0.39, 0.29) is 6.61 Å². The smallest absolute Gasteiger partial charge is 0.249 e. The van der Waals surface area contributed by atoms with E-state index in [1.54, 1.807) is 0 Å². The fourth-order valence-corrected chi connectivity index (χ4v) is 8.25. The molecule has 55 heavy (non-hydrogen) atoms. The van der Waals surface area contributed by atoms with Crippen molar-refractivity contribution >= 4 is 5.91 Å². The number of aliphatic hydroxyl groups is 3. The molecule has 0 rings (SSSR count). The Morgan fingerprint density at radius 1 is 0.364 bits per heavy atom. The molecule has 0 aromatic heterocycles. The van der Waals surface area contributed by atoms with Crippen molar-refractivity contribution in [3.63, 3.8) is 0 Å². The molecule has 0 spiro atoms. The van der Waals surface area contributed by atoms with E-state index in [1.165, 1.54) is 231 Å². The molecule has 0 aromatic rings. The zero-order valence-electron chi connectivity index (χ0n) is 37.6. The van der Waals surface area contributed by atoms with Crippen molar-refractivity contribution in [1.82, 2.24) is 5.32 Å². The van der Waals surface area contributed by atoms with E-state index >= 15 is 0 Å². The summed E-state index contributed by atoms with van der Waals surface area (Å²) in [6.07, 6.45) is 54.1. The lowest BCUT2D eigenvalue weighted by Crippen LogP contribution is -2.49. The van der Waals surface area contributed by atoms with Gasteiger partial charge in [0.2, 0.25) is 5.91 Å². The van der Waals surface area contributed by atoms with Gasteiger partial charge in [-0.05, 0) is 12.8 Å². The van der Waals surface area contributed by atoms with Gasteiger partial charge in [-0.15, -0.1) is 0 Å². The van der Waals surface area contributed by atoms with E-state index in [1.807, 2.05) is 0 Å². The van der Waals surface area contributed by atoms with Crippen LogP contribution in [0.4, 0.5) is 0 Å². The molecule has 0 saturated heterocycles. The Hall–Kier alpha value is -0.650. The van der Waals surface area contributed by atoms with Crippen LogP contribution in [0.3, 0.4) is 0 Å². The molecule has 4 N–H and O–H groups in total. The number of nitrogens with one attached hydrogen (secondary N) is 1. The first kappa shape index (κ1) is 54.3. The monoisotopic (exact) mass is 780 g/mol. The first-order chi connectivity index (χ1) is 27.1. The molecule has 5 heteroatoms. The van der Waals surface area contributed by atoms with E-state index < -0.39 is 24.2 Å². The van der Waals surface area contributed by atoms with Gasteiger partial charge in [-0.25, -0.2) is 0 Å². The zero-order chi connectivity index (χ0) is 40.1. The van der Waals surface area contributed by atoms with E-state index in [2.05, 4.69) is 19.2 Å². The van der Waals surface area contributed by atoms with Crippen LogP contribution in [0.25, 0.3) is 0 Å². The maximum absolute atomic E-state index is 12.5. The lowest BCUT2D eigenvalue weighted by molar-refractivity contribution is -0.131. The maximum Gasteiger partial charge on any atom is 0.249 e. The van der Waals surface area contributed by atoms with Gasteiger partial charge in [0.25, 0.3) is 0 Å². The van der Waals surface area contributed by atoms with Crippen LogP contribution in [0.5, 0.6) is 0 Å². The molecule has 3 atom stereocenters. The van der Waals surface area contributed by atoms with E-state index in [0.717, 1.165) is 32.1 Å². The highest BCUT2D eigenvalue weighted by Crippen LogP contribution is 2.18. The topological polar surface area (TPSA) is 89.8 Å². The second kappa shape index (κ2) is 46.0. The molecule has 0 fully saturated rings. The molecule has 0 heterocycles. The predicted molar refractivity (Wildman–Crippen MR) is 241 cm³/mol. The lowest BCUT2D eigenvalue weighted by atomic mass is 10.0. The first-order valence-electron chi connectivity index (χ1n) is 25.3. The average molecular weight is 780 g/mol. The molecule has 0 saturated carbocycles. The summed E-state index contributed by atoms with van der Waals surface area (Å²) in [6, 6.07) is -0.706. The van der Waals surface area contributed by atoms with Crippen molar-refractivity contribution < 1.29 is 20.1 Å².